The molecule has 20 heavy (non-hydrogen) atoms. The minimum absolute atomic E-state index is 0.103. The molecule has 2 rings (SSSR count). The predicted molar refractivity (Wildman–Crippen MR) is 82.2 cm³/mol. The Hall–Kier alpha value is -0.870. The first-order valence-corrected chi connectivity index (χ1v) is 9.11. The van der Waals surface area contributed by atoms with E-state index in [-0.39, 0.29) is 6.04 Å². The van der Waals surface area contributed by atoms with Crippen LogP contribution in [0.4, 0.5) is 0 Å². The Morgan fingerprint density at radius 1 is 1.10 bits per heavy atom. The molecule has 0 radical (unpaired) electrons. The second kappa shape index (κ2) is 6.72. The van der Waals surface area contributed by atoms with E-state index >= 15 is 0 Å². The van der Waals surface area contributed by atoms with Crippen LogP contribution in [0.15, 0.2) is 29.2 Å². The summed E-state index contributed by atoms with van der Waals surface area (Å²) in [6.07, 6.45) is 6.20. The van der Waals surface area contributed by atoms with Gasteiger partial charge in [-0.3, -0.25) is 0 Å². The summed E-state index contributed by atoms with van der Waals surface area (Å²) in [6, 6.07) is 7.38. The molecule has 1 aliphatic rings. The molecule has 0 saturated heterocycles. The number of hydrogen-bond donors (Lipinski definition) is 1. The lowest BCUT2D eigenvalue weighted by molar-refractivity contribution is 0.332. The van der Waals surface area contributed by atoms with E-state index in [1.54, 1.807) is 12.1 Å². The number of nitrogens with one attached hydrogen (secondary N) is 1. The molecule has 1 saturated carbocycles. The summed E-state index contributed by atoms with van der Waals surface area (Å²) in [7, 11) is -3.36. The quantitative estimate of drug-likeness (QED) is 0.903. The molecule has 0 aromatic heterocycles. The Morgan fingerprint density at radius 3 is 2.25 bits per heavy atom. The lowest BCUT2D eigenvalue weighted by Gasteiger charge is -2.26. The van der Waals surface area contributed by atoms with Crippen LogP contribution in [0.1, 0.15) is 51.5 Å². The first-order valence-electron chi connectivity index (χ1n) is 7.62. The lowest BCUT2D eigenvalue weighted by atomic mass is 9.88. The molecule has 1 fully saturated rings. The zero-order chi connectivity index (χ0) is 14.6. The van der Waals surface area contributed by atoms with E-state index in [2.05, 4.69) is 18.6 Å². The second-order valence-electron chi connectivity index (χ2n) is 5.97. The molecule has 0 unspecified atom stereocenters. The molecule has 0 atom stereocenters. The molecule has 0 heterocycles. The first kappa shape index (κ1) is 15.5. The van der Waals surface area contributed by atoms with E-state index in [0.29, 0.717) is 4.90 Å². The molecule has 1 aromatic rings. The van der Waals surface area contributed by atoms with Crippen LogP contribution in [-0.4, -0.2) is 14.5 Å². The number of rotatable bonds is 5. The van der Waals surface area contributed by atoms with Crippen LogP contribution in [0.5, 0.6) is 0 Å². The average Bonchev–Trinajstić information content (AvgIpc) is 2.42. The number of sulfonamides is 1. The summed E-state index contributed by atoms with van der Waals surface area (Å²) < 4.78 is 27.5. The van der Waals surface area contributed by atoms with Crippen LogP contribution >= 0.6 is 0 Å². The summed E-state index contributed by atoms with van der Waals surface area (Å²) in [5.74, 6) is 0.726. The van der Waals surface area contributed by atoms with Crippen molar-refractivity contribution in [1.82, 2.24) is 4.72 Å². The summed E-state index contributed by atoms with van der Waals surface area (Å²) >= 11 is 0. The van der Waals surface area contributed by atoms with Crippen molar-refractivity contribution < 1.29 is 8.42 Å². The van der Waals surface area contributed by atoms with E-state index in [1.807, 2.05) is 12.1 Å². The third kappa shape index (κ3) is 4.06. The molecule has 3 nitrogen and oxygen atoms in total. The van der Waals surface area contributed by atoms with Crippen molar-refractivity contribution in [3.8, 4) is 0 Å². The topological polar surface area (TPSA) is 46.2 Å². The van der Waals surface area contributed by atoms with E-state index < -0.39 is 10.0 Å². The van der Waals surface area contributed by atoms with Gasteiger partial charge in [-0.25, -0.2) is 13.1 Å². The van der Waals surface area contributed by atoms with Gasteiger partial charge in [0.25, 0.3) is 0 Å². The van der Waals surface area contributed by atoms with Gasteiger partial charge in [-0.2, -0.15) is 0 Å². The normalized spacial score (nSPS) is 23.7. The Labute approximate surface area is 122 Å². The highest BCUT2D eigenvalue weighted by atomic mass is 32.2. The molecule has 112 valence electrons. The fourth-order valence-corrected chi connectivity index (χ4v) is 4.09. The van der Waals surface area contributed by atoms with Crippen LogP contribution in [-0.2, 0) is 16.4 Å². The smallest absolute Gasteiger partial charge is 0.208 e. The zero-order valence-electron chi connectivity index (χ0n) is 12.4. The maximum absolute atomic E-state index is 12.3. The van der Waals surface area contributed by atoms with Gasteiger partial charge in [0, 0.05) is 6.04 Å². The zero-order valence-corrected chi connectivity index (χ0v) is 13.2. The van der Waals surface area contributed by atoms with Gasteiger partial charge in [-0.05, 0) is 55.7 Å². The van der Waals surface area contributed by atoms with Crippen molar-refractivity contribution in [1.29, 1.82) is 0 Å². The van der Waals surface area contributed by atoms with Crippen molar-refractivity contribution in [2.45, 2.75) is 63.3 Å². The molecule has 1 aromatic carbocycles. The molecule has 0 aliphatic heterocycles. The predicted octanol–water partition coefficient (Wildman–Crippen LogP) is 3.50. The Balaban J connectivity index is 2.02. The minimum Gasteiger partial charge on any atom is -0.208 e. The molecule has 0 spiro atoms. The summed E-state index contributed by atoms with van der Waals surface area (Å²) in [4.78, 5) is 0.385. The van der Waals surface area contributed by atoms with Gasteiger partial charge in [0.15, 0.2) is 0 Å². The maximum atomic E-state index is 12.3. The van der Waals surface area contributed by atoms with Gasteiger partial charge in [0.1, 0.15) is 0 Å². The Bertz CT molecular complexity index is 514. The molecule has 1 aliphatic carbocycles. The SMILES string of the molecule is CCCc1ccc(S(=O)(=O)NC2CCC(C)CC2)cc1. The van der Waals surface area contributed by atoms with Gasteiger partial charge in [-0.15, -0.1) is 0 Å². The van der Waals surface area contributed by atoms with Crippen molar-refractivity contribution in [3.05, 3.63) is 29.8 Å². The maximum Gasteiger partial charge on any atom is 0.240 e. The van der Waals surface area contributed by atoms with Crippen LogP contribution in [0.3, 0.4) is 0 Å². The second-order valence-corrected chi connectivity index (χ2v) is 7.69. The van der Waals surface area contributed by atoms with Gasteiger partial charge in [0.2, 0.25) is 10.0 Å². The van der Waals surface area contributed by atoms with E-state index in [0.717, 1.165) is 44.4 Å². The highest BCUT2D eigenvalue weighted by Crippen LogP contribution is 2.24. The van der Waals surface area contributed by atoms with E-state index in [1.165, 1.54) is 5.56 Å². The Morgan fingerprint density at radius 2 is 1.70 bits per heavy atom. The van der Waals surface area contributed by atoms with Crippen LogP contribution < -0.4 is 4.72 Å². The van der Waals surface area contributed by atoms with Crippen LogP contribution in [0, 0.1) is 5.92 Å². The number of benzene rings is 1. The monoisotopic (exact) mass is 295 g/mol. The summed E-state index contributed by atoms with van der Waals surface area (Å²) in [5, 5.41) is 0. The molecule has 1 N–H and O–H groups in total. The first-order chi connectivity index (χ1) is 9.51. The largest absolute Gasteiger partial charge is 0.240 e. The molecular formula is C16H25NO2S. The van der Waals surface area contributed by atoms with Gasteiger partial charge >= 0.3 is 0 Å². The van der Waals surface area contributed by atoms with Gasteiger partial charge in [-0.1, -0.05) is 32.4 Å². The van der Waals surface area contributed by atoms with E-state index in [9.17, 15) is 8.42 Å². The molecule has 4 heteroatoms. The highest BCUT2D eigenvalue weighted by molar-refractivity contribution is 7.89. The molecular weight excluding hydrogens is 270 g/mol. The third-order valence-corrected chi connectivity index (χ3v) is 5.65. The fourth-order valence-electron chi connectivity index (χ4n) is 2.79. The number of hydrogen-bond acceptors (Lipinski definition) is 2. The minimum atomic E-state index is -3.36. The van der Waals surface area contributed by atoms with Crippen LogP contribution in [0.25, 0.3) is 0 Å². The Kier molecular flexibility index (Phi) is 5.22. The third-order valence-electron chi connectivity index (χ3n) is 4.11. The van der Waals surface area contributed by atoms with Crippen LogP contribution in [0.2, 0.25) is 0 Å². The standard InChI is InChI=1S/C16H25NO2S/c1-3-4-14-7-11-16(12-8-14)20(18,19)17-15-9-5-13(2)6-10-15/h7-8,11-13,15,17H,3-6,9-10H2,1-2H3. The number of aryl methyl sites for hydroxylation is 1. The van der Waals surface area contributed by atoms with Crippen molar-refractivity contribution in [2.24, 2.45) is 5.92 Å². The van der Waals surface area contributed by atoms with Crippen molar-refractivity contribution in [3.63, 3.8) is 0 Å². The summed E-state index contributed by atoms with van der Waals surface area (Å²) in [6.45, 7) is 4.35. The summed E-state index contributed by atoms with van der Waals surface area (Å²) in [5.41, 5.74) is 1.19. The molecule has 0 amide bonds. The average molecular weight is 295 g/mol. The van der Waals surface area contributed by atoms with E-state index in [4.69, 9.17) is 0 Å². The van der Waals surface area contributed by atoms with Crippen molar-refractivity contribution >= 4 is 10.0 Å². The molecule has 0 bridgehead atoms. The fraction of sp³-hybridized carbons (Fsp3) is 0.625. The highest BCUT2D eigenvalue weighted by Gasteiger charge is 2.23. The van der Waals surface area contributed by atoms with Gasteiger partial charge in [0.05, 0.1) is 4.90 Å². The van der Waals surface area contributed by atoms with Gasteiger partial charge < -0.3 is 0 Å². The van der Waals surface area contributed by atoms with Crippen molar-refractivity contribution in [2.75, 3.05) is 0 Å². The lowest BCUT2D eigenvalue weighted by Crippen LogP contribution is -2.37.